The zero-order valence-corrected chi connectivity index (χ0v) is 16.8. The summed E-state index contributed by atoms with van der Waals surface area (Å²) in [4.78, 5) is 26.9. The van der Waals surface area contributed by atoms with Gasteiger partial charge in [0.25, 0.3) is 11.8 Å². The standard InChI is InChI=1S/C23H28N2O3/c1-16(2)24-22(26)18-10-12-20(13-11-18)28-15-19-8-6-14-25(19)23(27)21-9-5-4-7-17(21)3/h4-5,7,9-13,16,19H,6,8,14-15H2,1-3H3,(H,24,26)/t19-/m0/s1. The normalized spacial score (nSPS) is 16.3. The van der Waals surface area contributed by atoms with Gasteiger partial charge in [0.2, 0.25) is 0 Å². The van der Waals surface area contributed by atoms with Crippen LogP contribution < -0.4 is 10.1 Å². The second-order valence-electron chi connectivity index (χ2n) is 7.57. The molecule has 1 atom stereocenters. The molecule has 0 unspecified atom stereocenters. The molecule has 0 saturated carbocycles. The van der Waals surface area contributed by atoms with Gasteiger partial charge < -0.3 is 15.0 Å². The molecule has 1 fully saturated rings. The van der Waals surface area contributed by atoms with Crippen LogP contribution in [-0.2, 0) is 0 Å². The van der Waals surface area contributed by atoms with Crippen molar-refractivity contribution in [2.75, 3.05) is 13.2 Å². The molecule has 1 aliphatic heterocycles. The third-order valence-corrected chi connectivity index (χ3v) is 4.99. The number of carbonyl (C=O) groups excluding carboxylic acids is 2. The SMILES string of the molecule is Cc1ccccc1C(=O)N1CCC[C@H]1COc1ccc(C(=O)NC(C)C)cc1. The molecule has 0 aliphatic carbocycles. The van der Waals surface area contributed by atoms with Crippen molar-refractivity contribution in [3.63, 3.8) is 0 Å². The molecule has 1 aliphatic rings. The minimum atomic E-state index is -0.0904. The Balaban J connectivity index is 1.60. The Bertz CT molecular complexity index is 830. The second-order valence-corrected chi connectivity index (χ2v) is 7.57. The van der Waals surface area contributed by atoms with Gasteiger partial charge in [-0.2, -0.15) is 0 Å². The predicted molar refractivity (Wildman–Crippen MR) is 110 cm³/mol. The van der Waals surface area contributed by atoms with Crippen LogP contribution in [0.15, 0.2) is 48.5 Å². The molecule has 3 rings (SSSR count). The number of aryl methyl sites for hydroxylation is 1. The van der Waals surface area contributed by atoms with Crippen molar-refractivity contribution in [1.82, 2.24) is 10.2 Å². The van der Waals surface area contributed by atoms with Gasteiger partial charge in [-0.15, -0.1) is 0 Å². The van der Waals surface area contributed by atoms with Crippen molar-refractivity contribution in [2.45, 2.75) is 45.7 Å². The fraction of sp³-hybridized carbons (Fsp3) is 0.391. The average Bonchev–Trinajstić information content (AvgIpc) is 3.14. The third-order valence-electron chi connectivity index (χ3n) is 4.99. The van der Waals surface area contributed by atoms with E-state index in [1.807, 2.05) is 49.9 Å². The maximum atomic E-state index is 12.9. The van der Waals surface area contributed by atoms with Crippen LogP contribution in [0.25, 0.3) is 0 Å². The monoisotopic (exact) mass is 380 g/mol. The van der Waals surface area contributed by atoms with Gasteiger partial charge in [0.15, 0.2) is 0 Å². The summed E-state index contributed by atoms with van der Waals surface area (Å²) in [6, 6.07) is 15.0. The van der Waals surface area contributed by atoms with Gasteiger partial charge in [-0.3, -0.25) is 9.59 Å². The van der Waals surface area contributed by atoms with E-state index in [2.05, 4.69) is 5.32 Å². The Hall–Kier alpha value is -2.82. The summed E-state index contributed by atoms with van der Waals surface area (Å²) < 4.78 is 5.93. The highest BCUT2D eigenvalue weighted by Gasteiger charge is 2.30. The number of likely N-dealkylation sites (tertiary alicyclic amines) is 1. The number of amides is 2. The topological polar surface area (TPSA) is 58.6 Å². The van der Waals surface area contributed by atoms with Crippen LogP contribution in [0.5, 0.6) is 5.75 Å². The highest BCUT2D eigenvalue weighted by atomic mass is 16.5. The zero-order chi connectivity index (χ0) is 20.1. The Labute approximate surface area is 166 Å². The van der Waals surface area contributed by atoms with Crippen LogP contribution in [0.2, 0.25) is 0 Å². The number of carbonyl (C=O) groups is 2. The maximum Gasteiger partial charge on any atom is 0.254 e. The number of rotatable bonds is 6. The van der Waals surface area contributed by atoms with Gasteiger partial charge in [0, 0.05) is 23.7 Å². The smallest absolute Gasteiger partial charge is 0.254 e. The van der Waals surface area contributed by atoms with E-state index in [9.17, 15) is 9.59 Å². The average molecular weight is 380 g/mol. The number of benzene rings is 2. The first kappa shape index (κ1) is 19.9. The molecule has 0 radical (unpaired) electrons. The van der Waals surface area contributed by atoms with E-state index in [1.54, 1.807) is 24.3 Å². The number of nitrogens with one attached hydrogen (secondary N) is 1. The van der Waals surface area contributed by atoms with Crippen LogP contribution in [0.3, 0.4) is 0 Å². The van der Waals surface area contributed by atoms with Crippen LogP contribution in [0, 0.1) is 6.92 Å². The first-order chi connectivity index (χ1) is 13.5. The van der Waals surface area contributed by atoms with Crippen LogP contribution in [0.4, 0.5) is 0 Å². The van der Waals surface area contributed by atoms with Gasteiger partial charge in [0.05, 0.1) is 6.04 Å². The Morgan fingerprint density at radius 1 is 1.14 bits per heavy atom. The molecule has 0 aromatic heterocycles. The lowest BCUT2D eigenvalue weighted by molar-refractivity contribution is 0.0690. The van der Waals surface area contributed by atoms with E-state index in [0.717, 1.165) is 30.5 Å². The summed E-state index contributed by atoms with van der Waals surface area (Å²) >= 11 is 0. The minimum Gasteiger partial charge on any atom is -0.491 e. The van der Waals surface area contributed by atoms with Gasteiger partial charge in [-0.05, 0) is 69.5 Å². The molecule has 5 heteroatoms. The molecule has 148 valence electrons. The Morgan fingerprint density at radius 3 is 2.54 bits per heavy atom. The lowest BCUT2D eigenvalue weighted by atomic mass is 10.1. The lowest BCUT2D eigenvalue weighted by Crippen LogP contribution is -2.39. The predicted octanol–water partition coefficient (Wildman–Crippen LogP) is 3.82. The van der Waals surface area contributed by atoms with Crippen molar-refractivity contribution >= 4 is 11.8 Å². The Kier molecular flexibility index (Phi) is 6.34. The highest BCUT2D eigenvalue weighted by Crippen LogP contribution is 2.23. The van der Waals surface area contributed by atoms with Gasteiger partial charge in [-0.1, -0.05) is 18.2 Å². The van der Waals surface area contributed by atoms with E-state index >= 15 is 0 Å². The molecule has 1 N–H and O–H groups in total. The molecule has 1 heterocycles. The molecule has 2 aromatic carbocycles. The van der Waals surface area contributed by atoms with Crippen molar-refractivity contribution in [1.29, 1.82) is 0 Å². The molecule has 28 heavy (non-hydrogen) atoms. The van der Waals surface area contributed by atoms with Crippen LogP contribution in [-0.4, -0.2) is 41.9 Å². The number of ether oxygens (including phenoxy) is 1. The number of nitrogens with zero attached hydrogens (tertiary/aromatic N) is 1. The zero-order valence-electron chi connectivity index (χ0n) is 16.8. The van der Waals surface area contributed by atoms with Crippen molar-refractivity contribution in [3.05, 3.63) is 65.2 Å². The number of hydrogen-bond donors (Lipinski definition) is 1. The van der Waals surface area contributed by atoms with Gasteiger partial charge >= 0.3 is 0 Å². The lowest BCUT2D eigenvalue weighted by Gasteiger charge is -2.25. The quantitative estimate of drug-likeness (QED) is 0.829. The van der Waals surface area contributed by atoms with Crippen molar-refractivity contribution < 1.29 is 14.3 Å². The molecular formula is C23H28N2O3. The fourth-order valence-corrected chi connectivity index (χ4v) is 3.48. The summed E-state index contributed by atoms with van der Waals surface area (Å²) in [5, 5.41) is 2.87. The summed E-state index contributed by atoms with van der Waals surface area (Å²) in [6.07, 6.45) is 1.92. The van der Waals surface area contributed by atoms with Gasteiger partial charge in [0.1, 0.15) is 12.4 Å². The van der Waals surface area contributed by atoms with Gasteiger partial charge in [-0.25, -0.2) is 0 Å². The molecule has 2 aromatic rings. The molecule has 5 nitrogen and oxygen atoms in total. The summed E-state index contributed by atoms with van der Waals surface area (Å²) in [6.45, 7) is 7.04. The highest BCUT2D eigenvalue weighted by molar-refractivity contribution is 5.96. The van der Waals surface area contributed by atoms with E-state index < -0.39 is 0 Å². The molecule has 0 spiro atoms. The third kappa shape index (κ3) is 4.71. The molecule has 0 bridgehead atoms. The van der Waals surface area contributed by atoms with Crippen molar-refractivity contribution in [3.8, 4) is 5.75 Å². The van der Waals surface area contributed by atoms with Crippen LogP contribution in [0.1, 0.15) is 53.0 Å². The minimum absolute atomic E-state index is 0.0658. The Morgan fingerprint density at radius 2 is 1.86 bits per heavy atom. The maximum absolute atomic E-state index is 12.9. The fourth-order valence-electron chi connectivity index (χ4n) is 3.48. The van der Waals surface area contributed by atoms with E-state index in [0.29, 0.717) is 17.9 Å². The second kappa shape index (κ2) is 8.91. The van der Waals surface area contributed by atoms with E-state index in [4.69, 9.17) is 4.74 Å². The van der Waals surface area contributed by atoms with E-state index in [-0.39, 0.29) is 23.9 Å². The molecule has 1 saturated heterocycles. The largest absolute Gasteiger partial charge is 0.491 e. The number of hydrogen-bond acceptors (Lipinski definition) is 3. The first-order valence-electron chi connectivity index (χ1n) is 9.86. The first-order valence-corrected chi connectivity index (χ1v) is 9.86. The van der Waals surface area contributed by atoms with E-state index in [1.165, 1.54) is 0 Å². The summed E-state index contributed by atoms with van der Waals surface area (Å²) in [5.74, 6) is 0.688. The molecular weight excluding hydrogens is 352 g/mol. The molecule has 2 amide bonds. The summed E-state index contributed by atoms with van der Waals surface area (Å²) in [7, 11) is 0. The van der Waals surface area contributed by atoms with Crippen LogP contribution >= 0.6 is 0 Å². The van der Waals surface area contributed by atoms with Crippen molar-refractivity contribution in [2.24, 2.45) is 0 Å². The summed E-state index contributed by atoms with van der Waals surface area (Å²) in [5.41, 5.74) is 2.36.